The molecule has 0 heterocycles. The average molecular weight is 223 g/mol. The van der Waals surface area contributed by atoms with E-state index in [1.165, 1.54) is 0 Å². The minimum atomic E-state index is 0.704. The lowest BCUT2D eigenvalue weighted by atomic mass is 10.3. The molecular formula is C11H17N3S. The maximum absolute atomic E-state index is 4.43. The van der Waals surface area contributed by atoms with E-state index in [0.29, 0.717) is 6.67 Å². The molecule has 0 saturated heterocycles. The van der Waals surface area contributed by atoms with E-state index in [-0.39, 0.29) is 0 Å². The van der Waals surface area contributed by atoms with Gasteiger partial charge >= 0.3 is 0 Å². The molecule has 1 rings (SSSR count). The van der Waals surface area contributed by atoms with Crippen molar-refractivity contribution in [1.82, 2.24) is 4.90 Å². The SMILES string of the molecule is CSC(=NCN(C)C)Nc1ccccc1. The molecule has 0 atom stereocenters. The van der Waals surface area contributed by atoms with E-state index >= 15 is 0 Å². The summed E-state index contributed by atoms with van der Waals surface area (Å²) in [6, 6.07) is 10.1. The summed E-state index contributed by atoms with van der Waals surface area (Å²) >= 11 is 1.62. The molecule has 0 bridgehead atoms. The zero-order chi connectivity index (χ0) is 11.1. The Labute approximate surface area is 95.6 Å². The molecule has 0 radical (unpaired) electrons. The predicted molar refractivity (Wildman–Crippen MR) is 69.6 cm³/mol. The first-order valence-electron chi connectivity index (χ1n) is 4.77. The van der Waals surface area contributed by atoms with Crippen LogP contribution < -0.4 is 5.32 Å². The minimum absolute atomic E-state index is 0.704. The van der Waals surface area contributed by atoms with Crippen molar-refractivity contribution in [3.05, 3.63) is 30.3 Å². The summed E-state index contributed by atoms with van der Waals surface area (Å²) in [6.07, 6.45) is 2.02. The van der Waals surface area contributed by atoms with Gasteiger partial charge in [-0.25, -0.2) is 4.99 Å². The van der Waals surface area contributed by atoms with Gasteiger partial charge in [0.15, 0.2) is 5.17 Å². The molecule has 0 aliphatic heterocycles. The molecule has 0 spiro atoms. The second-order valence-electron chi connectivity index (χ2n) is 3.38. The first kappa shape index (κ1) is 12.1. The van der Waals surface area contributed by atoms with Gasteiger partial charge in [0.2, 0.25) is 0 Å². The standard InChI is InChI=1S/C11H17N3S/c1-14(2)9-12-11(15-3)13-10-7-5-4-6-8-10/h4-8H,9H2,1-3H3,(H,12,13). The molecule has 1 aromatic carbocycles. The molecule has 15 heavy (non-hydrogen) atoms. The fraction of sp³-hybridized carbons (Fsp3) is 0.364. The van der Waals surface area contributed by atoms with E-state index in [4.69, 9.17) is 0 Å². The lowest BCUT2D eigenvalue weighted by Crippen LogP contribution is -2.15. The van der Waals surface area contributed by atoms with Crippen molar-refractivity contribution in [2.75, 3.05) is 32.3 Å². The Hall–Kier alpha value is -1.00. The van der Waals surface area contributed by atoms with Crippen LogP contribution in [0.3, 0.4) is 0 Å². The number of para-hydroxylation sites is 1. The smallest absolute Gasteiger partial charge is 0.162 e. The maximum Gasteiger partial charge on any atom is 0.162 e. The quantitative estimate of drug-likeness (QED) is 0.629. The maximum atomic E-state index is 4.43. The molecular weight excluding hydrogens is 206 g/mol. The summed E-state index contributed by atoms with van der Waals surface area (Å²) in [5.41, 5.74) is 1.07. The van der Waals surface area contributed by atoms with Gasteiger partial charge < -0.3 is 5.32 Å². The molecule has 4 heteroatoms. The Morgan fingerprint density at radius 1 is 1.33 bits per heavy atom. The van der Waals surface area contributed by atoms with Crippen molar-refractivity contribution in [3.63, 3.8) is 0 Å². The molecule has 0 aliphatic rings. The van der Waals surface area contributed by atoms with Gasteiger partial charge in [-0.2, -0.15) is 0 Å². The number of hydrogen-bond acceptors (Lipinski definition) is 3. The summed E-state index contributed by atoms with van der Waals surface area (Å²) in [7, 11) is 4.01. The third-order valence-electron chi connectivity index (χ3n) is 1.72. The lowest BCUT2D eigenvalue weighted by Gasteiger charge is -2.09. The van der Waals surface area contributed by atoms with Crippen LogP contribution >= 0.6 is 11.8 Å². The van der Waals surface area contributed by atoms with Crippen LogP contribution in [0, 0.1) is 0 Å². The predicted octanol–water partition coefficient (Wildman–Crippen LogP) is 2.34. The van der Waals surface area contributed by atoms with Crippen molar-refractivity contribution in [1.29, 1.82) is 0 Å². The van der Waals surface area contributed by atoms with Crippen LogP contribution in [-0.4, -0.2) is 37.1 Å². The number of hydrogen-bond donors (Lipinski definition) is 1. The highest BCUT2D eigenvalue weighted by Crippen LogP contribution is 2.09. The average Bonchev–Trinajstić information content (AvgIpc) is 2.25. The van der Waals surface area contributed by atoms with Gasteiger partial charge in [-0.3, -0.25) is 4.90 Å². The molecule has 0 aliphatic carbocycles. The highest BCUT2D eigenvalue weighted by atomic mass is 32.2. The molecule has 3 nitrogen and oxygen atoms in total. The fourth-order valence-corrected chi connectivity index (χ4v) is 1.41. The number of nitrogens with one attached hydrogen (secondary N) is 1. The second kappa shape index (κ2) is 6.48. The van der Waals surface area contributed by atoms with E-state index in [1.54, 1.807) is 11.8 Å². The largest absolute Gasteiger partial charge is 0.335 e. The van der Waals surface area contributed by atoms with Crippen molar-refractivity contribution in [2.24, 2.45) is 4.99 Å². The molecule has 0 fully saturated rings. The van der Waals surface area contributed by atoms with Crippen LogP contribution in [0.15, 0.2) is 35.3 Å². The van der Waals surface area contributed by atoms with Gasteiger partial charge in [-0.05, 0) is 32.5 Å². The highest BCUT2D eigenvalue weighted by Gasteiger charge is 1.97. The summed E-state index contributed by atoms with van der Waals surface area (Å²) in [6.45, 7) is 0.704. The highest BCUT2D eigenvalue weighted by molar-refractivity contribution is 8.13. The van der Waals surface area contributed by atoms with Gasteiger partial charge in [-0.1, -0.05) is 30.0 Å². The number of aliphatic imine (C=N–C) groups is 1. The van der Waals surface area contributed by atoms with Crippen molar-refractivity contribution in [3.8, 4) is 0 Å². The summed E-state index contributed by atoms with van der Waals surface area (Å²) in [5, 5.41) is 4.21. The third-order valence-corrected chi connectivity index (χ3v) is 2.33. The Balaban J connectivity index is 2.58. The summed E-state index contributed by atoms with van der Waals surface area (Å²) in [4.78, 5) is 6.46. The van der Waals surface area contributed by atoms with Crippen LogP contribution in [0.4, 0.5) is 5.69 Å². The van der Waals surface area contributed by atoms with Crippen LogP contribution in [0.1, 0.15) is 0 Å². The molecule has 0 aromatic heterocycles. The molecule has 0 saturated carbocycles. The van der Waals surface area contributed by atoms with Crippen molar-refractivity contribution in [2.45, 2.75) is 0 Å². The zero-order valence-electron chi connectivity index (χ0n) is 9.40. The van der Waals surface area contributed by atoms with Gasteiger partial charge in [0.05, 0.1) is 6.67 Å². The van der Waals surface area contributed by atoms with E-state index < -0.39 is 0 Å². The topological polar surface area (TPSA) is 27.6 Å². The second-order valence-corrected chi connectivity index (χ2v) is 4.17. The Kier molecular flexibility index (Phi) is 5.21. The van der Waals surface area contributed by atoms with Crippen molar-refractivity contribution >= 4 is 22.6 Å². The van der Waals surface area contributed by atoms with Gasteiger partial charge in [0.25, 0.3) is 0 Å². The lowest BCUT2D eigenvalue weighted by molar-refractivity contribution is 0.425. The number of amidine groups is 1. The monoisotopic (exact) mass is 223 g/mol. The molecule has 82 valence electrons. The first-order valence-corrected chi connectivity index (χ1v) is 6.00. The molecule has 1 aromatic rings. The number of anilines is 1. The number of rotatable bonds is 3. The number of benzene rings is 1. The van der Waals surface area contributed by atoms with Crippen molar-refractivity contribution < 1.29 is 0 Å². The molecule has 0 amide bonds. The van der Waals surface area contributed by atoms with E-state index in [1.807, 2.05) is 55.6 Å². The normalized spacial score (nSPS) is 11.9. The van der Waals surface area contributed by atoms with E-state index in [2.05, 4.69) is 10.3 Å². The van der Waals surface area contributed by atoms with Crippen LogP contribution in [0.25, 0.3) is 0 Å². The Bertz CT molecular complexity index is 309. The summed E-state index contributed by atoms with van der Waals surface area (Å²) < 4.78 is 0. The molecule has 1 N–H and O–H groups in total. The Morgan fingerprint density at radius 2 is 2.00 bits per heavy atom. The molecule has 0 unspecified atom stereocenters. The third kappa shape index (κ3) is 4.85. The van der Waals surface area contributed by atoms with Gasteiger partial charge in [-0.15, -0.1) is 0 Å². The van der Waals surface area contributed by atoms with Crippen LogP contribution in [-0.2, 0) is 0 Å². The number of nitrogens with zero attached hydrogens (tertiary/aromatic N) is 2. The van der Waals surface area contributed by atoms with Gasteiger partial charge in [0.1, 0.15) is 0 Å². The van der Waals surface area contributed by atoms with Crippen LogP contribution in [0.2, 0.25) is 0 Å². The fourth-order valence-electron chi connectivity index (χ4n) is 1.01. The minimum Gasteiger partial charge on any atom is -0.335 e. The van der Waals surface area contributed by atoms with E-state index in [0.717, 1.165) is 10.9 Å². The van der Waals surface area contributed by atoms with E-state index in [9.17, 15) is 0 Å². The Morgan fingerprint density at radius 3 is 2.53 bits per heavy atom. The van der Waals surface area contributed by atoms with Crippen LogP contribution in [0.5, 0.6) is 0 Å². The van der Waals surface area contributed by atoms with Gasteiger partial charge in [0, 0.05) is 5.69 Å². The summed E-state index contributed by atoms with van der Waals surface area (Å²) in [5.74, 6) is 0. The first-order chi connectivity index (χ1) is 7.22. The zero-order valence-corrected chi connectivity index (χ0v) is 10.2. The number of thioether (sulfide) groups is 1.